The van der Waals surface area contributed by atoms with Crippen LogP contribution in [0.3, 0.4) is 0 Å². The molecule has 1 saturated heterocycles. The standard InChI is InChI=1S/C20H24ClNO5/c1-12-15(18(23)25-3)16(13-6-8-14(21)9-7-13)17(19(24)26-4)20(2)22(12)10-5-11-27-20/h6-9,16-17H,5,10-11H2,1-4H3/t16-,17-,20+/m1/s1. The van der Waals surface area contributed by atoms with E-state index >= 15 is 0 Å². The van der Waals surface area contributed by atoms with Gasteiger partial charge in [-0.2, -0.15) is 0 Å². The molecule has 0 saturated carbocycles. The lowest BCUT2D eigenvalue weighted by Gasteiger charge is -2.55. The maximum absolute atomic E-state index is 12.9. The number of ether oxygens (including phenoxy) is 3. The van der Waals surface area contributed by atoms with E-state index in [1.807, 2.05) is 30.9 Å². The summed E-state index contributed by atoms with van der Waals surface area (Å²) in [6.07, 6.45) is 0.806. The second kappa shape index (κ2) is 7.52. The Morgan fingerprint density at radius 2 is 1.89 bits per heavy atom. The number of esters is 2. The van der Waals surface area contributed by atoms with Crippen molar-refractivity contribution in [2.45, 2.75) is 31.9 Å². The SMILES string of the molecule is COC(=O)C1=C(C)N2CCCO[C@@]2(C)[C@@H](C(=O)OC)[C@@H]1c1ccc(Cl)cc1. The Morgan fingerprint density at radius 1 is 1.22 bits per heavy atom. The number of fused-ring (bicyclic) bond motifs is 1. The minimum Gasteiger partial charge on any atom is -0.469 e. The third-order valence-corrected chi connectivity index (χ3v) is 5.81. The third kappa shape index (κ3) is 3.21. The Labute approximate surface area is 164 Å². The summed E-state index contributed by atoms with van der Waals surface area (Å²) in [6, 6.07) is 7.12. The first-order valence-corrected chi connectivity index (χ1v) is 9.27. The van der Waals surface area contributed by atoms with Crippen LogP contribution in [0.5, 0.6) is 0 Å². The number of allylic oxidation sites excluding steroid dienone is 1. The second-order valence-electron chi connectivity index (χ2n) is 6.93. The van der Waals surface area contributed by atoms with Crippen molar-refractivity contribution in [1.29, 1.82) is 0 Å². The van der Waals surface area contributed by atoms with Crippen molar-refractivity contribution in [3.05, 3.63) is 46.1 Å². The van der Waals surface area contributed by atoms with Gasteiger partial charge in [-0.3, -0.25) is 4.79 Å². The van der Waals surface area contributed by atoms with Crippen LogP contribution >= 0.6 is 11.6 Å². The largest absolute Gasteiger partial charge is 0.469 e. The van der Waals surface area contributed by atoms with E-state index < -0.39 is 29.5 Å². The summed E-state index contributed by atoms with van der Waals surface area (Å²) in [5.41, 5.74) is 1.06. The number of hydrogen-bond donors (Lipinski definition) is 0. The van der Waals surface area contributed by atoms with Gasteiger partial charge in [0.05, 0.1) is 26.4 Å². The van der Waals surface area contributed by atoms with Crippen LogP contribution in [0.25, 0.3) is 0 Å². The average molecular weight is 394 g/mol. The van der Waals surface area contributed by atoms with Crippen molar-refractivity contribution in [3.8, 4) is 0 Å². The Hall–Kier alpha value is -2.05. The molecule has 0 bridgehead atoms. The predicted molar refractivity (Wildman–Crippen MR) is 100 cm³/mol. The molecule has 0 unspecified atom stereocenters. The predicted octanol–water partition coefficient (Wildman–Crippen LogP) is 3.11. The van der Waals surface area contributed by atoms with Gasteiger partial charge in [-0.15, -0.1) is 0 Å². The van der Waals surface area contributed by atoms with E-state index in [-0.39, 0.29) is 0 Å². The topological polar surface area (TPSA) is 65.1 Å². The first-order valence-electron chi connectivity index (χ1n) is 8.89. The fourth-order valence-electron chi connectivity index (χ4n) is 4.30. The van der Waals surface area contributed by atoms with E-state index in [2.05, 4.69) is 0 Å². The Bertz CT molecular complexity index is 775. The number of nitrogens with zero attached hydrogens (tertiary/aromatic N) is 1. The number of halogens is 1. The van der Waals surface area contributed by atoms with Crippen molar-refractivity contribution in [2.75, 3.05) is 27.4 Å². The van der Waals surface area contributed by atoms with Crippen LogP contribution in [-0.2, 0) is 23.8 Å². The summed E-state index contributed by atoms with van der Waals surface area (Å²) in [6.45, 7) is 4.97. The van der Waals surface area contributed by atoms with E-state index in [0.29, 0.717) is 23.7 Å². The monoisotopic (exact) mass is 393 g/mol. The number of carbonyl (C=O) groups excluding carboxylic acids is 2. The number of carbonyl (C=O) groups is 2. The van der Waals surface area contributed by atoms with Gasteiger partial charge in [-0.1, -0.05) is 23.7 Å². The third-order valence-electron chi connectivity index (χ3n) is 5.56. The maximum atomic E-state index is 12.9. The number of rotatable bonds is 3. The molecule has 27 heavy (non-hydrogen) atoms. The van der Waals surface area contributed by atoms with Crippen molar-refractivity contribution in [1.82, 2.24) is 4.90 Å². The zero-order chi connectivity index (χ0) is 19.8. The van der Waals surface area contributed by atoms with Crippen molar-refractivity contribution in [2.24, 2.45) is 5.92 Å². The molecule has 2 aliphatic heterocycles. The highest BCUT2D eigenvalue weighted by Crippen LogP contribution is 2.50. The highest BCUT2D eigenvalue weighted by atomic mass is 35.5. The number of methoxy groups -OCH3 is 2. The molecule has 0 N–H and O–H groups in total. The van der Waals surface area contributed by atoms with E-state index in [1.165, 1.54) is 14.2 Å². The van der Waals surface area contributed by atoms with Crippen LogP contribution in [0.4, 0.5) is 0 Å². The molecule has 2 heterocycles. The molecule has 0 radical (unpaired) electrons. The van der Waals surface area contributed by atoms with Crippen LogP contribution in [-0.4, -0.2) is 49.9 Å². The molecule has 0 spiro atoms. The molecule has 0 aromatic heterocycles. The molecular weight excluding hydrogens is 370 g/mol. The highest BCUT2D eigenvalue weighted by molar-refractivity contribution is 6.30. The molecule has 3 rings (SSSR count). The average Bonchev–Trinajstić information content (AvgIpc) is 2.67. The number of benzene rings is 1. The van der Waals surface area contributed by atoms with Crippen LogP contribution in [0, 0.1) is 5.92 Å². The Kier molecular flexibility index (Phi) is 5.49. The fraction of sp³-hybridized carbons (Fsp3) is 0.500. The van der Waals surface area contributed by atoms with Gasteiger partial charge in [-0.05, 0) is 38.0 Å². The van der Waals surface area contributed by atoms with E-state index in [9.17, 15) is 9.59 Å². The summed E-state index contributed by atoms with van der Waals surface area (Å²) >= 11 is 6.04. The molecule has 2 aliphatic rings. The number of hydrogen-bond acceptors (Lipinski definition) is 6. The molecule has 1 aromatic rings. The highest BCUT2D eigenvalue weighted by Gasteiger charge is 2.57. The Balaban J connectivity index is 2.27. The zero-order valence-corrected chi connectivity index (χ0v) is 16.7. The normalized spacial score (nSPS) is 27.8. The molecule has 7 heteroatoms. The molecular formula is C20H24ClNO5. The fourth-order valence-corrected chi connectivity index (χ4v) is 4.43. The van der Waals surface area contributed by atoms with E-state index in [0.717, 1.165) is 17.7 Å². The lowest BCUT2D eigenvalue weighted by atomic mass is 9.70. The minimum atomic E-state index is -0.919. The first-order chi connectivity index (χ1) is 12.8. The summed E-state index contributed by atoms with van der Waals surface area (Å²) in [7, 11) is 2.69. The minimum absolute atomic E-state index is 0.432. The van der Waals surface area contributed by atoms with Crippen LogP contribution < -0.4 is 0 Å². The van der Waals surface area contributed by atoms with Gasteiger partial charge in [0.1, 0.15) is 5.92 Å². The molecule has 146 valence electrons. The van der Waals surface area contributed by atoms with Crippen molar-refractivity contribution >= 4 is 23.5 Å². The van der Waals surface area contributed by atoms with Gasteiger partial charge in [0.15, 0.2) is 5.72 Å². The van der Waals surface area contributed by atoms with Crippen LogP contribution in [0.1, 0.15) is 31.7 Å². The smallest absolute Gasteiger partial charge is 0.336 e. The lowest BCUT2D eigenvalue weighted by Crippen LogP contribution is -2.63. The van der Waals surface area contributed by atoms with Crippen LogP contribution in [0.2, 0.25) is 5.02 Å². The molecule has 0 aliphatic carbocycles. The lowest BCUT2D eigenvalue weighted by molar-refractivity contribution is -0.213. The summed E-state index contributed by atoms with van der Waals surface area (Å²) < 4.78 is 16.3. The van der Waals surface area contributed by atoms with Gasteiger partial charge in [0.2, 0.25) is 0 Å². The summed E-state index contributed by atoms with van der Waals surface area (Å²) in [5.74, 6) is -2.20. The van der Waals surface area contributed by atoms with Gasteiger partial charge in [-0.25, -0.2) is 4.79 Å². The van der Waals surface area contributed by atoms with Gasteiger partial charge < -0.3 is 19.1 Å². The quantitative estimate of drug-likeness (QED) is 0.735. The van der Waals surface area contributed by atoms with Crippen LogP contribution in [0.15, 0.2) is 35.5 Å². The van der Waals surface area contributed by atoms with Crippen molar-refractivity contribution in [3.63, 3.8) is 0 Å². The van der Waals surface area contributed by atoms with Gasteiger partial charge in [0, 0.05) is 23.2 Å². The maximum Gasteiger partial charge on any atom is 0.336 e. The summed E-state index contributed by atoms with van der Waals surface area (Å²) in [5, 5.41) is 0.575. The molecule has 6 nitrogen and oxygen atoms in total. The molecule has 0 amide bonds. The Morgan fingerprint density at radius 3 is 2.48 bits per heavy atom. The molecule has 1 fully saturated rings. The first kappa shape index (κ1) is 19.7. The molecule has 3 atom stereocenters. The zero-order valence-electron chi connectivity index (χ0n) is 16.0. The van der Waals surface area contributed by atoms with Crippen molar-refractivity contribution < 1.29 is 23.8 Å². The van der Waals surface area contributed by atoms with Gasteiger partial charge in [0.25, 0.3) is 0 Å². The molecule has 1 aromatic carbocycles. The summed E-state index contributed by atoms with van der Waals surface area (Å²) in [4.78, 5) is 27.6. The van der Waals surface area contributed by atoms with Gasteiger partial charge >= 0.3 is 11.9 Å². The van der Waals surface area contributed by atoms with E-state index in [4.69, 9.17) is 25.8 Å². The second-order valence-corrected chi connectivity index (χ2v) is 7.37. The van der Waals surface area contributed by atoms with E-state index in [1.54, 1.807) is 12.1 Å².